The van der Waals surface area contributed by atoms with E-state index in [4.69, 9.17) is 0 Å². The zero-order valence-electron chi connectivity index (χ0n) is 8.97. The average molecular weight is 313 g/mol. The summed E-state index contributed by atoms with van der Waals surface area (Å²) in [5.74, 6) is 0. The maximum atomic E-state index is 11.3. The number of rotatable bonds is 1. The van der Waals surface area contributed by atoms with Gasteiger partial charge in [-0.1, -0.05) is 13.8 Å². The van der Waals surface area contributed by atoms with Gasteiger partial charge in [-0.15, -0.1) is 0 Å². The third kappa shape index (κ3) is 1.62. The molecule has 1 heterocycles. The Bertz CT molecular complexity index is 475. The number of carbonyl (C=O) groups is 1. The second kappa shape index (κ2) is 3.40. The molecule has 1 aliphatic heterocycles. The third-order valence-corrected chi connectivity index (χ3v) is 3.71. The summed E-state index contributed by atoms with van der Waals surface area (Å²) in [5, 5.41) is 0. The van der Waals surface area contributed by atoms with Crippen LogP contribution in [-0.4, -0.2) is 9.50 Å². The number of fused-ring (bicyclic) bond motifs is 1. The van der Waals surface area contributed by atoms with Crippen LogP contribution in [0.25, 0.3) is 0 Å². The molecule has 1 aromatic carbocycles. The van der Waals surface area contributed by atoms with Gasteiger partial charge in [-0.05, 0) is 30.7 Å². The molecule has 2 rings (SSSR count). The molecule has 0 atom stereocenters. The average Bonchev–Trinajstić information content (AvgIpc) is 2.38. The zero-order chi connectivity index (χ0) is 11.2. The molecule has 0 N–H and O–H groups in total. The molecule has 2 nitrogen and oxygen atoms in total. The van der Waals surface area contributed by atoms with E-state index in [2.05, 4.69) is 18.8 Å². The van der Waals surface area contributed by atoms with Crippen LogP contribution >= 0.6 is 22.6 Å². The van der Waals surface area contributed by atoms with Gasteiger partial charge >= 0.3 is 0 Å². The van der Waals surface area contributed by atoms with E-state index in [1.54, 1.807) is 0 Å². The fourth-order valence-electron chi connectivity index (χ4n) is 1.77. The largest absolute Gasteiger partial charge is 0.282 e. The van der Waals surface area contributed by atoms with Crippen molar-refractivity contribution in [2.24, 2.45) is 4.99 Å². The van der Waals surface area contributed by atoms with E-state index in [0.717, 1.165) is 22.5 Å². The lowest BCUT2D eigenvalue weighted by atomic mass is 9.82. The monoisotopic (exact) mass is 313 g/mol. The molecule has 0 aliphatic carbocycles. The van der Waals surface area contributed by atoms with Crippen LogP contribution in [0.1, 0.15) is 36.7 Å². The van der Waals surface area contributed by atoms with Gasteiger partial charge in [-0.25, -0.2) is 0 Å². The summed E-state index contributed by atoms with van der Waals surface area (Å²) >= 11 is 1.81. The van der Waals surface area contributed by atoms with E-state index in [-0.39, 0.29) is 9.20 Å². The van der Waals surface area contributed by atoms with Crippen molar-refractivity contribution >= 4 is 37.8 Å². The van der Waals surface area contributed by atoms with Gasteiger partial charge in [0.1, 0.15) is 0 Å². The van der Waals surface area contributed by atoms with Crippen LogP contribution in [0.2, 0.25) is 0 Å². The van der Waals surface area contributed by atoms with Crippen LogP contribution in [0.3, 0.4) is 0 Å². The van der Waals surface area contributed by atoms with E-state index < -0.39 is 0 Å². The van der Waals surface area contributed by atoms with Gasteiger partial charge in [0, 0.05) is 39.3 Å². The maximum Gasteiger partial charge on any atom is 0.222 e. The molecule has 0 amide bonds. The number of carbonyl (C=O) groups excluding carboxylic acids is 1. The second-order valence-corrected chi connectivity index (χ2v) is 5.31. The Morgan fingerprint density at radius 2 is 2.07 bits per heavy atom. The van der Waals surface area contributed by atoms with Crippen molar-refractivity contribution in [2.45, 2.75) is 26.2 Å². The minimum Gasteiger partial charge on any atom is -0.282 e. The molecule has 0 aromatic heterocycles. The molecule has 15 heavy (non-hydrogen) atoms. The number of benzene rings is 1. The van der Waals surface area contributed by atoms with Crippen molar-refractivity contribution in [3.63, 3.8) is 0 Å². The van der Waals surface area contributed by atoms with Gasteiger partial charge in [0.05, 0.1) is 5.69 Å². The normalized spacial score (nSPS) is 17.2. The highest BCUT2D eigenvalue weighted by atomic mass is 127. The highest BCUT2D eigenvalue weighted by Crippen LogP contribution is 2.40. The van der Waals surface area contributed by atoms with E-state index in [0.29, 0.717) is 0 Å². The van der Waals surface area contributed by atoms with E-state index in [1.165, 1.54) is 0 Å². The van der Waals surface area contributed by atoms with Crippen LogP contribution in [0.5, 0.6) is 0 Å². The Kier molecular flexibility index (Phi) is 2.45. The van der Waals surface area contributed by atoms with E-state index in [1.807, 2.05) is 47.7 Å². The lowest BCUT2D eigenvalue weighted by Crippen LogP contribution is -2.22. The summed E-state index contributed by atoms with van der Waals surface area (Å²) in [4.78, 5) is 15.8. The number of halogens is 1. The van der Waals surface area contributed by atoms with E-state index >= 15 is 0 Å². The Labute approximate surface area is 103 Å². The highest BCUT2D eigenvalue weighted by molar-refractivity contribution is 14.1. The SMILES string of the molecule is CC1=Nc2ccc(C(=O)I)cc2C1(C)C. The Hall–Kier alpha value is -0.710. The first-order chi connectivity index (χ1) is 6.93. The molecule has 0 fully saturated rings. The van der Waals surface area contributed by atoms with Gasteiger partial charge in [-0.2, -0.15) is 0 Å². The van der Waals surface area contributed by atoms with Crippen LogP contribution in [0.4, 0.5) is 5.69 Å². The van der Waals surface area contributed by atoms with Crippen molar-refractivity contribution < 1.29 is 4.79 Å². The minimum atomic E-state index is -0.0442. The second-order valence-electron chi connectivity index (χ2n) is 4.33. The summed E-state index contributed by atoms with van der Waals surface area (Å²) in [7, 11) is 0. The van der Waals surface area contributed by atoms with Crippen molar-refractivity contribution in [1.82, 2.24) is 0 Å². The molecule has 1 aromatic rings. The molecule has 78 valence electrons. The van der Waals surface area contributed by atoms with Crippen molar-refractivity contribution in [3.05, 3.63) is 29.3 Å². The number of hydrogen-bond donors (Lipinski definition) is 0. The fourth-order valence-corrected chi connectivity index (χ4v) is 2.11. The van der Waals surface area contributed by atoms with Crippen molar-refractivity contribution in [3.8, 4) is 0 Å². The topological polar surface area (TPSA) is 29.4 Å². The summed E-state index contributed by atoms with van der Waals surface area (Å²) in [6, 6.07) is 5.73. The molecule has 0 saturated carbocycles. The summed E-state index contributed by atoms with van der Waals surface area (Å²) in [5.41, 5.74) is 3.97. The first kappa shape index (κ1) is 10.8. The fraction of sp³-hybridized carbons (Fsp3) is 0.333. The molecule has 0 bridgehead atoms. The molecular weight excluding hydrogens is 301 g/mol. The highest BCUT2D eigenvalue weighted by Gasteiger charge is 2.32. The lowest BCUT2D eigenvalue weighted by molar-refractivity contribution is 0.110. The molecule has 0 unspecified atom stereocenters. The zero-order valence-corrected chi connectivity index (χ0v) is 11.1. The minimum absolute atomic E-state index is 0.0442. The summed E-state index contributed by atoms with van der Waals surface area (Å²) in [6.45, 7) is 6.31. The Morgan fingerprint density at radius 3 is 2.67 bits per heavy atom. The predicted molar refractivity (Wildman–Crippen MR) is 70.6 cm³/mol. The molecule has 0 saturated heterocycles. The summed E-state index contributed by atoms with van der Waals surface area (Å²) < 4.78 is 0.0794. The van der Waals surface area contributed by atoms with Gasteiger partial charge in [-0.3, -0.25) is 9.79 Å². The quantitative estimate of drug-likeness (QED) is 0.575. The maximum absolute atomic E-state index is 11.3. The molecule has 0 radical (unpaired) electrons. The van der Waals surface area contributed by atoms with Crippen molar-refractivity contribution in [1.29, 1.82) is 0 Å². The standard InChI is InChI=1S/C12H12INO/c1-7-12(2,3)9-6-8(11(13)15)4-5-10(9)14-7/h4-6H,1-3H3. The number of nitrogens with zero attached hydrogens (tertiary/aromatic N) is 1. The van der Waals surface area contributed by atoms with Gasteiger partial charge in [0.2, 0.25) is 3.79 Å². The predicted octanol–water partition coefficient (Wildman–Crippen LogP) is 3.65. The van der Waals surface area contributed by atoms with Crippen LogP contribution < -0.4 is 0 Å². The van der Waals surface area contributed by atoms with Crippen LogP contribution in [0.15, 0.2) is 23.2 Å². The number of aliphatic imine (C=N–C) groups is 1. The van der Waals surface area contributed by atoms with Crippen molar-refractivity contribution in [2.75, 3.05) is 0 Å². The molecular formula is C12H12INO. The molecule has 1 aliphatic rings. The van der Waals surface area contributed by atoms with Crippen LogP contribution in [-0.2, 0) is 5.41 Å². The van der Waals surface area contributed by atoms with E-state index in [9.17, 15) is 4.79 Å². The first-order valence-electron chi connectivity index (χ1n) is 4.83. The third-order valence-electron chi connectivity index (χ3n) is 3.09. The van der Waals surface area contributed by atoms with Gasteiger partial charge in [0.25, 0.3) is 0 Å². The Morgan fingerprint density at radius 1 is 1.40 bits per heavy atom. The molecule has 3 heteroatoms. The lowest BCUT2D eigenvalue weighted by Gasteiger charge is -2.20. The van der Waals surface area contributed by atoms with Crippen LogP contribution in [0, 0.1) is 0 Å². The number of hydrogen-bond acceptors (Lipinski definition) is 2. The van der Waals surface area contributed by atoms with Gasteiger partial charge in [0.15, 0.2) is 0 Å². The smallest absolute Gasteiger partial charge is 0.222 e. The molecule has 0 spiro atoms. The first-order valence-corrected chi connectivity index (χ1v) is 5.91. The Balaban J connectivity index is 2.60. The van der Waals surface area contributed by atoms with Gasteiger partial charge < -0.3 is 0 Å². The summed E-state index contributed by atoms with van der Waals surface area (Å²) in [6.07, 6.45) is 0.